The van der Waals surface area contributed by atoms with Gasteiger partial charge in [-0.05, 0) is 25.1 Å². The topological polar surface area (TPSA) is 87.5 Å². The van der Waals surface area contributed by atoms with Crippen LogP contribution in [-0.4, -0.2) is 29.3 Å². The van der Waals surface area contributed by atoms with Gasteiger partial charge in [-0.25, -0.2) is 0 Å². The Morgan fingerprint density at radius 1 is 1.40 bits per heavy atom. The standard InChI is InChI=1S/C16H15ClN4O3S/c1-20-5-4-9-12(7-20)25-16-13(9)15(22)18-14(19-16)8-2-3-10(17)11(6-8)21(23)24/h2-3,6,14,19H,4-5,7H2,1H3,(H,18,22)/t14-/m0/s1. The number of rotatable bonds is 2. The molecule has 0 radical (unpaired) electrons. The average Bonchev–Trinajstić information content (AvgIpc) is 2.92. The number of nitro groups is 1. The molecule has 3 heterocycles. The molecular weight excluding hydrogens is 364 g/mol. The number of nitrogens with zero attached hydrogens (tertiary/aromatic N) is 2. The fraction of sp³-hybridized carbons (Fsp3) is 0.312. The van der Waals surface area contributed by atoms with Crippen molar-refractivity contribution in [2.24, 2.45) is 0 Å². The minimum Gasteiger partial charge on any atom is -0.353 e. The number of carbonyl (C=O) groups excluding carboxylic acids is 1. The maximum Gasteiger partial charge on any atom is 0.288 e. The molecule has 1 aromatic carbocycles. The molecule has 2 aliphatic heterocycles. The number of fused-ring (bicyclic) bond motifs is 3. The van der Waals surface area contributed by atoms with Crippen LogP contribution < -0.4 is 10.6 Å². The van der Waals surface area contributed by atoms with Gasteiger partial charge in [-0.15, -0.1) is 11.3 Å². The number of likely N-dealkylation sites (N-methyl/N-ethyl adjacent to an activating group) is 1. The molecule has 9 heteroatoms. The van der Waals surface area contributed by atoms with Crippen molar-refractivity contribution in [3.63, 3.8) is 0 Å². The van der Waals surface area contributed by atoms with Gasteiger partial charge in [0.1, 0.15) is 16.2 Å². The average molecular weight is 379 g/mol. The molecule has 0 spiro atoms. The predicted octanol–water partition coefficient (Wildman–Crippen LogP) is 3.15. The second kappa shape index (κ2) is 5.98. The van der Waals surface area contributed by atoms with E-state index in [2.05, 4.69) is 22.6 Å². The fourth-order valence-electron chi connectivity index (χ4n) is 3.26. The SMILES string of the molecule is CN1CCc2c(sc3c2C(=O)N[C@H](c2ccc(Cl)c([N+](=O)[O-])c2)N3)C1. The van der Waals surface area contributed by atoms with E-state index in [0.717, 1.165) is 30.1 Å². The van der Waals surface area contributed by atoms with E-state index in [1.54, 1.807) is 17.4 Å². The molecule has 1 aromatic heterocycles. The highest BCUT2D eigenvalue weighted by molar-refractivity contribution is 7.16. The van der Waals surface area contributed by atoms with Gasteiger partial charge in [-0.3, -0.25) is 14.9 Å². The summed E-state index contributed by atoms with van der Waals surface area (Å²) in [7, 11) is 2.06. The molecule has 1 amide bonds. The zero-order valence-corrected chi connectivity index (χ0v) is 14.9. The molecule has 1 atom stereocenters. The van der Waals surface area contributed by atoms with Crippen LogP contribution in [0.5, 0.6) is 0 Å². The first-order valence-corrected chi connectivity index (χ1v) is 8.98. The molecule has 2 aliphatic rings. The molecule has 0 unspecified atom stereocenters. The first kappa shape index (κ1) is 16.3. The van der Waals surface area contributed by atoms with Crippen LogP contribution in [0.25, 0.3) is 0 Å². The van der Waals surface area contributed by atoms with Crippen LogP contribution in [0.3, 0.4) is 0 Å². The van der Waals surface area contributed by atoms with Gasteiger partial charge in [0.25, 0.3) is 11.6 Å². The van der Waals surface area contributed by atoms with Gasteiger partial charge in [-0.2, -0.15) is 0 Å². The van der Waals surface area contributed by atoms with Crippen LogP contribution >= 0.6 is 22.9 Å². The molecule has 0 saturated heterocycles. The number of amides is 1. The number of hydrogen-bond acceptors (Lipinski definition) is 6. The molecule has 7 nitrogen and oxygen atoms in total. The molecule has 0 aliphatic carbocycles. The lowest BCUT2D eigenvalue weighted by Crippen LogP contribution is -2.38. The molecule has 25 heavy (non-hydrogen) atoms. The second-order valence-electron chi connectivity index (χ2n) is 6.21. The summed E-state index contributed by atoms with van der Waals surface area (Å²) in [6.45, 7) is 1.76. The van der Waals surface area contributed by atoms with Crippen LogP contribution in [0.1, 0.15) is 32.5 Å². The van der Waals surface area contributed by atoms with E-state index in [4.69, 9.17) is 11.6 Å². The number of thiophene rings is 1. The number of nitrogens with one attached hydrogen (secondary N) is 2. The Hall–Kier alpha value is -2.16. The number of benzene rings is 1. The summed E-state index contributed by atoms with van der Waals surface area (Å²) in [5.74, 6) is -0.140. The number of hydrogen-bond donors (Lipinski definition) is 2. The van der Waals surface area contributed by atoms with Gasteiger partial charge in [0.2, 0.25) is 0 Å². The van der Waals surface area contributed by atoms with Crippen LogP contribution in [0.2, 0.25) is 5.02 Å². The Morgan fingerprint density at radius 3 is 2.96 bits per heavy atom. The summed E-state index contributed by atoms with van der Waals surface area (Å²) in [4.78, 5) is 26.6. The van der Waals surface area contributed by atoms with Crippen LogP contribution in [0.4, 0.5) is 10.7 Å². The van der Waals surface area contributed by atoms with Crippen molar-refractivity contribution in [3.05, 3.63) is 54.9 Å². The maximum atomic E-state index is 12.7. The normalized spacial score (nSPS) is 19.6. The predicted molar refractivity (Wildman–Crippen MR) is 96.3 cm³/mol. The van der Waals surface area contributed by atoms with Gasteiger partial charge in [-0.1, -0.05) is 17.7 Å². The van der Waals surface area contributed by atoms with Gasteiger partial charge in [0.15, 0.2) is 0 Å². The van der Waals surface area contributed by atoms with Crippen LogP contribution in [0, 0.1) is 10.1 Å². The first-order chi connectivity index (χ1) is 11.9. The van der Waals surface area contributed by atoms with Crippen molar-refractivity contribution in [1.82, 2.24) is 10.2 Å². The fourth-order valence-corrected chi connectivity index (χ4v) is 4.80. The number of carbonyl (C=O) groups is 1. The largest absolute Gasteiger partial charge is 0.353 e. The third kappa shape index (κ3) is 2.76. The van der Waals surface area contributed by atoms with E-state index in [1.807, 2.05) is 0 Å². The summed E-state index contributed by atoms with van der Waals surface area (Å²) in [6.07, 6.45) is 0.331. The van der Waals surface area contributed by atoms with Gasteiger partial charge < -0.3 is 15.5 Å². The summed E-state index contributed by atoms with van der Waals surface area (Å²) < 4.78 is 0. The first-order valence-electron chi connectivity index (χ1n) is 7.78. The Morgan fingerprint density at radius 2 is 2.20 bits per heavy atom. The van der Waals surface area contributed by atoms with E-state index >= 15 is 0 Å². The second-order valence-corrected chi connectivity index (χ2v) is 7.73. The van der Waals surface area contributed by atoms with Crippen molar-refractivity contribution in [1.29, 1.82) is 0 Å². The summed E-state index contributed by atoms with van der Waals surface area (Å²) in [6, 6.07) is 4.55. The molecule has 130 valence electrons. The molecular formula is C16H15ClN4O3S. The maximum absolute atomic E-state index is 12.7. The third-order valence-corrected chi connectivity index (χ3v) is 5.99. The van der Waals surface area contributed by atoms with Crippen molar-refractivity contribution < 1.29 is 9.72 Å². The Bertz CT molecular complexity index is 898. The van der Waals surface area contributed by atoms with E-state index in [-0.39, 0.29) is 16.6 Å². The van der Waals surface area contributed by atoms with Crippen molar-refractivity contribution >= 4 is 39.5 Å². The highest BCUT2D eigenvalue weighted by atomic mass is 35.5. The minimum absolute atomic E-state index is 0.0752. The molecule has 2 N–H and O–H groups in total. The zero-order valence-electron chi connectivity index (χ0n) is 13.3. The smallest absolute Gasteiger partial charge is 0.288 e. The van der Waals surface area contributed by atoms with Crippen LogP contribution in [-0.2, 0) is 13.0 Å². The highest BCUT2D eigenvalue weighted by Crippen LogP contribution is 2.41. The lowest BCUT2D eigenvalue weighted by Gasteiger charge is -2.27. The molecule has 2 aromatic rings. The number of anilines is 1. The minimum atomic E-state index is -0.526. The van der Waals surface area contributed by atoms with E-state index in [9.17, 15) is 14.9 Å². The molecule has 4 rings (SSSR count). The molecule has 0 fully saturated rings. The van der Waals surface area contributed by atoms with Gasteiger partial charge in [0.05, 0.1) is 10.5 Å². The highest BCUT2D eigenvalue weighted by Gasteiger charge is 2.33. The van der Waals surface area contributed by atoms with E-state index < -0.39 is 11.1 Å². The van der Waals surface area contributed by atoms with Crippen molar-refractivity contribution in [3.8, 4) is 0 Å². The Labute approximate surface area is 152 Å². The molecule has 0 bridgehead atoms. The van der Waals surface area contributed by atoms with Gasteiger partial charge >= 0.3 is 0 Å². The Balaban J connectivity index is 1.69. The summed E-state index contributed by atoms with van der Waals surface area (Å²) >= 11 is 7.45. The summed E-state index contributed by atoms with van der Waals surface area (Å²) in [5.41, 5.74) is 2.25. The van der Waals surface area contributed by atoms with E-state index in [1.165, 1.54) is 17.0 Å². The Kier molecular flexibility index (Phi) is 3.90. The van der Waals surface area contributed by atoms with Gasteiger partial charge in [0, 0.05) is 29.6 Å². The lowest BCUT2D eigenvalue weighted by molar-refractivity contribution is -0.384. The number of halogens is 1. The van der Waals surface area contributed by atoms with E-state index in [0.29, 0.717) is 11.1 Å². The third-order valence-electron chi connectivity index (χ3n) is 4.53. The lowest BCUT2D eigenvalue weighted by atomic mass is 10.0. The monoisotopic (exact) mass is 378 g/mol. The number of nitro benzene ring substituents is 1. The summed E-state index contributed by atoms with van der Waals surface area (Å²) in [5, 5.41) is 18.2. The molecule has 0 saturated carbocycles. The van der Waals surface area contributed by atoms with Crippen LogP contribution in [0.15, 0.2) is 18.2 Å². The van der Waals surface area contributed by atoms with Crippen molar-refractivity contribution in [2.45, 2.75) is 19.1 Å². The van der Waals surface area contributed by atoms with Crippen molar-refractivity contribution in [2.75, 3.05) is 18.9 Å². The zero-order chi connectivity index (χ0) is 17.7. The quantitative estimate of drug-likeness (QED) is 0.619.